The van der Waals surface area contributed by atoms with Crippen LogP contribution in [0.2, 0.25) is 0 Å². The summed E-state index contributed by atoms with van der Waals surface area (Å²) >= 11 is 3.08. The van der Waals surface area contributed by atoms with Crippen molar-refractivity contribution in [3.8, 4) is 5.75 Å². The lowest BCUT2D eigenvalue weighted by Gasteiger charge is -2.15. The van der Waals surface area contributed by atoms with Crippen LogP contribution in [-0.4, -0.2) is 27.7 Å². The number of amides is 1. The lowest BCUT2D eigenvalue weighted by molar-refractivity contribution is -0.384. The molecule has 1 rings (SSSR count). The zero-order valence-electron chi connectivity index (χ0n) is 20.7. The number of alkyl halides is 1. The molecule has 0 radical (unpaired) electrons. The Kier molecular flexibility index (Phi) is 16.9. The van der Waals surface area contributed by atoms with Gasteiger partial charge in [0, 0.05) is 23.9 Å². The van der Waals surface area contributed by atoms with Gasteiger partial charge in [-0.3, -0.25) is 24.3 Å². The number of unbranched alkanes of at least 4 members (excludes halogenated alkanes) is 12. The Labute approximate surface area is 217 Å². The van der Waals surface area contributed by atoms with Crippen LogP contribution in [0, 0.1) is 10.1 Å². The van der Waals surface area contributed by atoms with Gasteiger partial charge >= 0.3 is 7.82 Å². The molecule has 0 aliphatic heterocycles. The van der Waals surface area contributed by atoms with E-state index in [4.69, 9.17) is 9.05 Å². The molecule has 200 valence electrons. The fourth-order valence-electron chi connectivity index (χ4n) is 3.63. The smallest absolute Gasteiger partial charge is 0.402 e. The Morgan fingerprint density at radius 2 is 1.57 bits per heavy atom. The molecular formula is C24H40BrN2O7P. The SMILES string of the molecule is CCCCCCCCCCCCCCCC(=O)Nc1cc([N+](=O)[O-])ccc1OP(=O)(O)OCCBr. The average molecular weight is 579 g/mol. The van der Waals surface area contributed by atoms with E-state index >= 15 is 0 Å². The van der Waals surface area contributed by atoms with Crippen LogP contribution in [-0.2, 0) is 13.9 Å². The molecule has 9 nitrogen and oxygen atoms in total. The summed E-state index contributed by atoms with van der Waals surface area (Å²) in [7, 11) is -4.44. The molecule has 0 saturated carbocycles. The van der Waals surface area contributed by atoms with E-state index in [1.807, 2.05) is 0 Å². The van der Waals surface area contributed by atoms with Crippen LogP contribution in [0.5, 0.6) is 5.75 Å². The van der Waals surface area contributed by atoms with Gasteiger partial charge in [-0.2, -0.15) is 0 Å². The molecule has 2 N–H and O–H groups in total. The van der Waals surface area contributed by atoms with Crippen LogP contribution < -0.4 is 9.84 Å². The number of halogens is 1. The Bertz CT molecular complexity index is 810. The van der Waals surface area contributed by atoms with Gasteiger partial charge in [0.25, 0.3) is 5.69 Å². The highest BCUT2D eigenvalue weighted by Gasteiger charge is 2.25. The minimum Gasteiger partial charge on any atom is -0.402 e. The first-order valence-electron chi connectivity index (χ1n) is 12.6. The summed E-state index contributed by atoms with van der Waals surface area (Å²) in [5.74, 6) is -0.512. The number of benzene rings is 1. The monoisotopic (exact) mass is 578 g/mol. The van der Waals surface area contributed by atoms with Gasteiger partial charge in [-0.15, -0.1) is 0 Å². The summed E-state index contributed by atoms with van der Waals surface area (Å²) in [4.78, 5) is 32.7. The maximum absolute atomic E-state index is 12.4. The van der Waals surface area contributed by atoms with Crippen molar-refractivity contribution in [1.29, 1.82) is 0 Å². The minimum absolute atomic E-state index is 0.0457. The van der Waals surface area contributed by atoms with Gasteiger partial charge in [0.15, 0.2) is 5.75 Å². The third-order valence-electron chi connectivity index (χ3n) is 5.50. The second kappa shape index (κ2) is 18.7. The molecule has 11 heteroatoms. The molecule has 1 amide bonds. The molecule has 1 atom stereocenters. The quantitative estimate of drug-likeness (QED) is 0.0498. The fourth-order valence-corrected chi connectivity index (χ4v) is 4.82. The molecule has 1 aromatic carbocycles. The molecule has 0 fully saturated rings. The Morgan fingerprint density at radius 3 is 2.09 bits per heavy atom. The van der Waals surface area contributed by atoms with Crippen LogP contribution in [0.15, 0.2) is 18.2 Å². The first kappa shape index (κ1) is 31.5. The van der Waals surface area contributed by atoms with Crippen molar-refractivity contribution in [2.24, 2.45) is 0 Å². The van der Waals surface area contributed by atoms with Crippen LogP contribution >= 0.6 is 23.8 Å². The van der Waals surface area contributed by atoms with Gasteiger partial charge < -0.3 is 9.84 Å². The maximum atomic E-state index is 12.4. The van der Waals surface area contributed by atoms with Crippen LogP contribution in [0.4, 0.5) is 11.4 Å². The Morgan fingerprint density at radius 1 is 1.03 bits per heavy atom. The van der Waals surface area contributed by atoms with Crippen LogP contribution in [0.3, 0.4) is 0 Å². The van der Waals surface area contributed by atoms with Crippen LogP contribution in [0.25, 0.3) is 0 Å². The molecule has 0 heterocycles. The van der Waals surface area contributed by atoms with Crippen molar-refractivity contribution >= 4 is 41.0 Å². The van der Waals surface area contributed by atoms with E-state index in [2.05, 4.69) is 28.2 Å². The molecular weight excluding hydrogens is 539 g/mol. The number of non-ortho nitro benzene ring substituents is 1. The zero-order valence-corrected chi connectivity index (χ0v) is 23.2. The van der Waals surface area contributed by atoms with E-state index in [0.717, 1.165) is 31.4 Å². The van der Waals surface area contributed by atoms with E-state index in [1.165, 1.54) is 63.9 Å². The summed E-state index contributed by atoms with van der Waals surface area (Å²) in [5.41, 5.74) is -0.321. The number of phosphoric ester groups is 1. The highest BCUT2D eigenvalue weighted by Crippen LogP contribution is 2.46. The predicted molar refractivity (Wildman–Crippen MR) is 142 cm³/mol. The topological polar surface area (TPSA) is 128 Å². The standard InChI is InChI=1S/C24H40BrN2O7P/c1-2-3-4-5-6-7-8-9-10-11-12-13-14-15-24(28)26-22-20-21(27(29)30)16-17-23(22)34-35(31,32)33-19-18-25/h16-17,20H,2-15,18-19H2,1H3,(H,26,28)(H,31,32). The van der Waals surface area contributed by atoms with Crippen molar-refractivity contribution < 1.29 is 28.2 Å². The van der Waals surface area contributed by atoms with E-state index in [9.17, 15) is 24.4 Å². The first-order chi connectivity index (χ1) is 16.8. The number of phosphoric acid groups is 1. The van der Waals surface area contributed by atoms with E-state index < -0.39 is 12.7 Å². The molecule has 0 aromatic heterocycles. The van der Waals surface area contributed by atoms with Crippen molar-refractivity contribution in [2.75, 3.05) is 17.3 Å². The minimum atomic E-state index is -4.44. The van der Waals surface area contributed by atoms with Crippen molar-refractivity contribution in [3.63, 3.8) is 0 Å². The summed E-state index contributed by atoms with van der Waals surface area (Å²) in [6, 6.07) is 3.39. The average Bonchev–Trinajstić information content (AvgIpc) is 2.81. The summed E-state index contributed by atoms with van der Waals surface area (Å²) < 4.78 is 21.8. The molecule has 0 saturated heterocycles. The summed E-state index contributed by atoms with van der Waals surface area (Å²) in [6.07, 6.45) is 15.9. The maximum Gasteiger partial charge on any atom is 0.527 e. The molecule has 0 aliphatic carbocycles. The van der Waals surface area contributed by atoms with Crippen molar-refractivity contribution in [2.45, 2.75) is 96.8 Å². The zero-order chi connectivity index (χ0) is 25.9. The molecule has 0 aliphatic rings. The summed E-state index contributed by atoms with van der Waals surface area (Å²) in [6.45, 7) is 2.16. The predicted octanol–water partition coefficient (Wildman–Crippen LogP) is 7.91. The number of carbonyl (C=O) groups is 1. The van der Waals surface area contributed by atoms with Crippen molar-refractivity contribution in [3.05, 3.63) is 28.3 Å². The third-order valence-corrected chi connectivity index (χ3v) is 6.76. The van der Waals surface area contributed by atoms with Gasteiger partial charge in [-0.05, 0) is 12.5 Å². The van der Waals surface area contributed by atoms with Gasteiger partial charge in [-0.1, -0.05) is 99.9 Å². The number of nitro groups is 1. The summed E-state index contributed by atoms with van der Waals surface area (Å²) in [5, 5.41) is 14.0. The number of rotatable bonds is 21. The highest BCUT2D eigenvalue weighted by molar-refractivity contribution is 9.09. The van der Waals surface area contributed by atoms with Crippen LogP contribution in [0.1, 0.15) is 96.8 Å². The van der Waals surface area contributed by atoms with Crippen molar-refractivity contribution in [1.82, 2.24) is 0 Å². The number of anilines is 1. The van der Waals surface area contributed by atoms with E-state index in [1.54, 1.807) is 0 Å². The molecule has 1 unspecified atom stereocenters. The molecule has 0 bridgehead atoms. The Balaban J connectivity index is 2.37. The number of hydrogen-bond donors (Lipinski definition) is 2. The molecule has 1 aromatic rings. The van der Waals surface area contributed by atoms with E-state index in [0.29, 0.717) is 11.8 Å². The number of nitrogens with zero attached hydrogens (tertiary/aromatic N) is 1. The second-order valence-electron chi connectivity index (χ2n) is 8.56. The number of nitro benzene ring substituents is 1. The molecule has 0 spiro atoms. The number of hydrogen-bond acceptors (Lipinski definition) is 6. The second-order valence-corrected chi connectivity index (χ2v) is 10.7. The number of carbonyl (C=O) groups excluding carboxylic acids is 1. The van der Waals surface area contributed by atoms with Gasteiger partial charge in [0.2, 0.25) is 5.91 Å². The highest BCUT2D eigenvalue weighted by atomic mass is 79.9. The van der Waals surface area contributed by atoms with Gasteiger partial charge in [0.1, 0.15) is 0 Å². The largest absolute Gasteiger partial charge is 0.527 e. The fraction of sp³-hybridized carbons (Fsp3) is 0.708. The third kappa shape index (κ3) is 15.3. The Hall–Kier alpha value is -1.48. The number of nitrogens with one attached hydrogen (secondary N) is 1. The first-order valence-corrected chi connectivity index (χ1v) is 15.2. The lowest BCUT2D eigenvalue weighted by atomic mass is 10.0. The van der Waals surface area contributed by atoms with Gasteiger partial charge in [0.05, 0.1) is 17.2 Å². The normalized spacial score (nSPS) is 12.8. The molecule has 35 heavy (non-hydrogen) atoms. The van der Waals surface area contributed by atoms with E-state index in [-0.39, 0.29) is 36.1 Å². The lowest BCUT2D eigenvalue weighted by Crippen LogP contribution is -2.12. The van der Waals surface area contributed by atoms with Gasteiger partial charge in [-0.25, -0.2) is 4.57 Å².